The van der Waals surface area contributed by atoms with Crippen molar-refractivity contribution in [3.8, 4) is 16.9 Å². The van der Waals surface area contributed by atoms with Crippen molar-refractivity contribution in [3.63, 3.8) is 0 Å². The summed E-state index contributed by atoms with van der Waals surface area (Å²) >= 11 is 0. The first kappa shape index (κ1) is 22.3. The number of hydrogen-bond acceptors (Lipinski definition) is 6. The molecule has 0 saturated carbocycles. The van der Waals surface area contributed by atoms with Gasteiger partial charge in [0.25, 0.3) is 5.91 Å². The first-order valence-corrected chi connectivity index (χ1v) is 10.2. The minimum atomic E-state index is -0.815. The molecule has 0 fully saturated rings. The molecular formula is C25H19N3O6. The number of phenols is 1. The van der Waals surface area contributed by atoms with Gasteiger partial charge in [-0.2, -0.15) is 0 Å². The van der Waals surface area contributed by atoms with Crippen LogP contribution < -0.4 is 10.9 Å². The van der Waals surface area contributed by atoms with E-state index in [1.807, 2.05) is 42.5 Å². The van der Waals surface area contributed by atoms with Gasteiger partial charge in [0.05, 0.1) is 11.2 Å². The van der Waals surface area contributed by atoms with E-state index in [9.17, 15) is 24.8 Å². The molecule has 3 aromatic carbocycles. The number of nitro benzene ring substituents is 1. The van der Waals surface area contributed by atoms with E-state index in [-0.39, 0.29) is 11.3 Å². The van der Waals surface area contributed by atoms with E-state index >= 15 is 0 Å². The molecule has 2 amide bonds. The number of carbonyl (C=O) groups excluding carboxylic acids is 2. The van der Waals surface area contributed by atoms with Gasteiger partial charge in [-0.15, -0.1) is 0 Å². The summed E-state index contributed by atoms with van der Waals surface area (Å²) in [6, 6.07) is 22.5. The lowest BCUT2D eigenvalue weighted by Crippen LogP contribution is -2.41. The number of furan rings is 1. The van der Waals surface area contributed by atoms with Gasteiger partial charge in [0, 0.05) is 17.2 Å². The molecule has 4 rings (SSSR count). The number of aromatic hydroxyl groups is 1. The Kier molecular flexibility index (Phi) is 6.35. The quantitative estimate of drug-likeness (QED) is 0.293. The molecule has 1 heterocycles. The van der Waals surface area contributed by atoms with Gasteiger partial charge in [-0.3, -0.25) is 30.6 Å². The van der Waals surface area contributed by atoms with Crippen molar-refractivity contribution in [3.05, 3.63) is 118 Å². The molecule has 0 unspecified atom stereocenters. The molecular weight excluding hydrogens is 438 g/mol. The summed E-state index contributed by atoms with van der Waals surface area (Å²) in [5.74, 6) is -2.07. The Morgan fingerprint density at radius 3 is 2.26 bits per heavy atom. The van der Waals surface area contributed by atoms with Crippen LogP contribution in [0.4, 0.5) is 5.69 Å². The second-order valence-electron chi connectivity index (χ2n) is 7.39. The molecule has 0 radical (unpaired) electrons. The van der Waals surface area contributed by atoms with Crippen LogP contribution in [0.25, 0.3) is 11.1 Å². The van der Waals surface area contributed by atoms with Crippen LogP contribution in [0.3, 0.4) is 0 Å². The van der Waals surface area contributed by atoms with E-state index in [2.05, 4.69) is 23.0 Å². The lowest BCUT2D eigenvalue weighted by molar-refractivity contribution is -0.385. The summed E-state index contributed by atoms with van der Waals surface area (Å²) in [5, 5.41) is 20.4. The number of benzene rings is 3. The number of amides is 2. The number of carbonyl (C=O) groups is 2. The second kappa shape index (κ2) is 9.70. The number of phenolic OH excluding ortho intramolecular Hbond substituents is 1. The highest BCUT2D eigenvalue weighted by atomic mass is 16.6. The topological polar surface area (TPSA) is 135 Å². The van der Waals surface area contributed by atoms with Gasteiger partial charge in [0.1, 0.15) is 0 Å². The maximum absolute atomic E-state index is 12.6. The van der Waals surface area contributed by atoms with Gasteiger partial charge in [0.2, 0.25) is 5.76 Å². The number of nitrogens with one attached hydrogen (secondary N) is 2. The highest BCUT2D eigenvalue weighted by Crippen LogP contribution is 2.27. The Balaban J connectivity index is 1.43. The van der Waals surface area contributed by atoms with Crippen molar-refractivity contribution in [2.45, 2.75) is 6.42 Å². The highest BCUT2D eigenvalue weighted by molar-refractivity contribution is 6.01. The molecule has 0 saturated heterocycles. The fourth-order valence-corrected chi connectivity index (χ4v) is 3.40. The normalized spacial score (nSPS) is 10.5. The van der Waals surface area contributed by atoms with Gasteiger partial charge in [-0.25, -0.2) is 0 Å². The van der Waals surface area contributed by atoms with Crippen LogP contribution in [-0.4, -0.2) is 21.8 Å². The summed E-state index contributed by atoms with van der Waals surface area (Å²) in [6.07, 6.45) is 2.15. The summed E-state index contributed by atoms with van der Waals surface area (Å²) in [6.45, 7) is 0. The standard InChI is InChI=1S/C25H19N3O6/c29-22-11-10-19(15-21(22)28(32)33)24(30)26-27-25(31)23-20(12-13-34-23)18-8-6-17(7-9-18)14-16-4-2-1-3-5-16/h1-13,15,29H,14H2,(H,26,30)(H,27,31). The zero-order valence-corrected chi connectivity index (χ0v) is 17.7. The molecule has 4 aromatic rings. The fraction of sp³-hybridized carbons (Fsp3) is 0.0400. The Morgan fingerprint density at radius 1 is 0.882 bits per heavy atom. The minimum Gasteiger partial charge on any atom is -0.502 e. The lowest BCUT2D eigenvalue weighted by Gasteiger charge is -2.08. The Bertz CT molecular complexity index is 1350. The summed E-state index contributed by atoms with van der Waals surface area (Å²) in [4.78, 5) is 35.0. The predicted octanol–water partition coefficient (Wildman–Crippen LogP) is 4.23. The number of hydrogen-bond donors (Lipinski definition) is 3. The van der Waals surface area contributed by atoms with Crippen LogP contribution in [0.1, 0.15) is 32.0 Å². The number of hydrazine groups is 1. The predicted molar refractivity (Wildman–Crippen MR) is 123 cm³/mol. The highest BCUT2D eigenvalue weighted by Gasteiger charge is 2.20. The first-order chi connectivity index (χ1) is 16.4. The summed E-state index contributed by atoms with van der Waals surface area (Å²) in [5.41, 5.74) is 7.29. The van der Waals surface area contributed by atoms with Crippen LogP contribution >= 0.6 is 0 Å². The SMILES string of the molecule is O=C(NNC(=O)c1occc1-c1ccc(Cc2ccccc2)cc1)c1ccc(O)c([N+](=O)[O-])c1. The number of nitro groups is 1. The molecule has 0 aliphatic heterocycles. The number of nitrogens with zero attached hydrogens (tertiary/aromatic N) is 1. The maximum atomic E-state index is 12.6. The van der Waals surface area contributed by atoms with Crippen LogP contribution in [0.5, 0.6) is 5.75 Å². The average Bonchev–Trinajstić information content (AvgIpc) is 3.34. The van der Waals surface area contributed by atoms with E-state index in [4.69, 9.17) is 4.42 Å². The van der Waals surface area contributed by atoms with Crippen molar-refractivity contribution < 1.29 is 24.0 Å². The van der Waals surface area contributed by atoms with Crippen LogP contribution in [0.2, 0.25) is 0 Å². The summed E-state index contributed by atoms with van der Waals surface area (Å²) in [7, 11) is 0. The van der Waals surface area contributed by atoms with E-state index in [0.717, 1.165) is 29.7 Å². The van der Waals surface area contributed by atoms with Crippen molar-refractivity contribution in [2.24, 2.45) is 0 Å². The maximum Gasteiger partial charge on any atom is 0.311 e. The van der Waals surface area contributed by atoms with Gasteiger partial charge < -0.3 is 9.52 Å². The van der Waals surface area contributed by atoms with Gasteiger partial charge in [0.15, 0.2) is 5.75 Å². The molecule has 0 atom stereocenters. The third-order valence-electron chi connectivity index (χ3n) is 5.11. The zero-order valence-electron chi connectivity index (χ0n) is 17.7. The van der Waals surface area contributed by atoms with E-state index in [1.54, 1.807) is 6.07 Å². The van der Waals surface area contributed by atoms with Gasteiger partial charge in [-0.05, 0) is 41.3 Å². The molecule has 9 nitrogen and oxygen atoms in total. The zero-order chi connectivity index (χ0) is 24.1. The van der Waals surface area contributed by atoms with Crippen molar-refractivity contribution in [1.82, 2.24) is 10.9 Å². The summed E-state index contributed by atoms with van der Waals surface area (Å²) < 4.78 is 5.33. The molecule has 1 aromatic heterocycles. The Morgan fingerprint density at radius 2 is 1.56 bits per heavy atom. The molecule has 0 aliphatic carbocycles. The third kappa shape index (κ3) is 4.94. The van der Waals surface area contributed by atoms with Gasteiger partial charge in [-0.1, -0.05) is 54.6 Å². The second-order valence-corrected chi connectivity index (χ2v) is 7.39. The molecule has 0 aliphatic rings. The Hall–Kier alpha value is -4.92. The van der Waals surface area contributed by atoms with E-state index in [0.29, 0.717) is 5.56 Å². The molecule has 34 heavy (non-hydrogen) atoms. The largest absolute Gasteiger partial charge is 0.502 e. The number of rotatable bonds is 6. The average molecular weight is 457 g/mol. The molecule has 0 bridgehead atoms. The van der Waals surface area contributed by atoms with E-state index < -0.39 is 28.2 Å². The van der Waals surface area contributed by atoms with Gasteiger partial charge >= 0.3 is 11.6 Å². The first-order valence-electron chi connectivity index (χ1n) is 10.2. The van der Waals surface area contributed by atoms with Crippen LogP contribution in [0, 0.1) is 10.1 Å². The third-order valence-corrected chi connectivity index (χ3v) is 5.11. The lowest BCUT2D eigenvalue weighted by atomic mass is 10.0. The fourth-order valence-electron chi connectivity index (χ4n) is 3.40. The molecule has 0 spiro atoms. The van der Waals surface area contributed by atoms with Crippen LogP contribution in [-0.2, 0) is 6.42 Å². The van der Waals surface area contributed by atoms with Crippen molar-refractivity contribution >= 4 is 17.5 Å². The van der Waals surface area contributed by atoms with Crippen LogP contribution in [0.15, 0.2) is 89.5 Å². The molecule has 170 valence electrons. The smallest absolute Gasteiger partial charge is 0.311 e. The monoisotopic (exact) mass is 457 g/mol. The van der Waals surface area contributed by atoms with Crippen molar-refractivity contribution in [2.75, 3.05) is 0 Å². The molecule has 9 heteroatoms. The Labute approximate surface area is 193 Å². The molecule has 3 N–H and O–H groups in total. The van der Waals surface area contributed by atoms with E-state index in [1.165, 1.54) is 17.9 Å². The van der Waals surface area contributed by atoms with Crippen molar-refractivity contribution in [1.29, 1.82) is 0 Å². The minimum absolute atomic E-state index is 0.00667.